The van der Waals surface area contributed by atoms with Gasteiger partial charge in [0.15, 0.2) is 0 Å². The summed E-state index contributed by atoms with van der Waals surface area (Å²) in [6, 6.07) is 18.7. The number of nitrogens with one attached hydrogen (secondary N) is 1. The van der Waals surface area contributed by atoms with Gasteiger partial charge in [0, 0.05) is 40.9 Å². The third-order valence-electron chi connectivity index (χ3n) is 6.54. The van der Waals surface area contributed by atoms with Crippen LogP contribution in [0.4, 0.5) is 11.4 Å². The first kappa shape index (κ1) is 21.7. The highest BCUT2D eigenvalue weighted by Gasteiger charge is 2.33. The highest BCUT2D eigenvalue weighted by molar-refractivity contribution is 6.35. The minimum absolute atomic E-state index is 0.0324. The lowest BCUT2D eigenvalue weighted by molar-refractivity contribution is -0.120. The van der Waals surface area contributed by atoms with E-state index < -0.39 is 5.41 Å². The molecule has 4 nitrogen and oxygen atoms in total. The second kappa shape index (κ2) is 8.18. The van der Waals surface area contributed by atoms with Crippen LogP contribution in [0.2, 0.25) is 5.02 Å². The molecule has 1 heterocycles. The summed E-state index contributed by atoms with van der Waals surface area (Å²) in [4.78, 5) is 18.1. The molecule has 162 valence electrons. The lowest BCUT2D eigenvalue weighted by atomic mass is 9.80. The largest absolute Gasteiger partial charge is 0.368 e. The summed E-state index contributed by atoms with van der Waals surface area (Å²) in [5.74, 6) is -0.0324. The van der Waals surface area contributed by atoms with Crippen molar-refractivity contribution >= 4 is 39.7 Å². The molecule has 5 heteroatoms. The molecule has 0 aliphatic carbocycles. The Morgan fingerprint density at radius 3 is 2.42 bits per heavy atom. The van der Waals surface area contributed by atoms with E-state index in [1.807, 2.05) is 57.2 Å². The monoisotopic (exact) mass is 435 g/mol. The summed E-state index contributed by atoms with van der Waals surface area (Å²) >= 11 is 6.40. The number of anilines is 2. The van der Waals surface area contributed by atoms with Crippen LogP contribution in [0, 0.1) is 6.92 Å². The first-order valence-electron chi connectivity index (χ1n) is 10.7. The van der Waals surface area contributed by atoms with Crippen LogP contribution in [0.15, 0.2) is 54.6 Å². The van der Waals surface area contributed by atoms with Crippen molar-refractivity contribution in [1.29, 1.82) is 0 Å². The maximum Gasteiger partial charge on any atom is 0.234 e. The lowest BCUT2D eigenvalue weighted by Crippen LogP contribution is -2.57. The van der Waals surface area contributed by atoms with Crippen LogP contribution >= 0.6 is 11.6 Å². The van der Waals surface area contributed by atoms with Gasteiger partial charge in [-0.1, -0.05) is 48.0 Å². The van der Waals surface area contributed by atoms with Gasteiger partial charge < -0.3 is 15.1 Å². The van der Waals surface area contributed by atoms with Gasteiger partial charge in [0.25, 0.3) is 0 Å². The SMILES string of the molecule is Cc1ccc(N2CC(N(C)C)C2)cc1NC(=O)C(C)(C)c1ccc(Cl)c2ccccc12. The number of carbonyl (C=O) groups excluding carboxylic acids is 1. The fourth-order valence-electron chi connectivity index (χ4n) is 4.14. The smallest absolute Gasteiger partial charge is 0.234 e. The fraction of sp³-hybridized carbons (Fsp3) is 0.346. The zero-order valence-electron chi connectivity index (χ0n) is 18.9. The van der Waals surface area contributed by atoms with Crippen molar-refractivity contribution < 1.29 is 4.79 Å². The molecule has 0 unspecified atom stereocenters. The van der Waals surface area contributed by atoms with Crippen molar-refractivity contribution in [1.82, 2.24) is 4.90 Å². The van der Waals surface area contributed by atoms with Crippen LogP contribution in [0.3, 0.4) is 0 Å². The molecule has 0 aromatic heterocycles. The molecule has 4 rings (SSSR count). The summed E-state index contributed by atoms with van der Waals surface area (Å²) in [7, 11) is 4.23. The molecule has 0 atom stereocenters. The number of likely N-dealkylation sites (N-methyl/N-ethyl adjacent to an activating group) is 1. The summed E-state index contributed by atoms with van der Waals surface area (Å²) in [6.45, 7) is 7.98. The number of hydrogen-bond donors (Lipinski definition) is 1. The lowest BCUT2D eigenvalue weighted by Gasteiger charge is -2.44. The minimum Gasteiger partial charge on any atom is -0.368 e. The van der Waals surface area contributed by atoms with E-state index in [0.717, 1.165) is 46.4 Å². The molecule has 1 amide bonds. The molecule has 1 aliphatic rings. The van der Waals surface area contributed by atoms with Crippen LogP contribution in [0.25, 0.3) is 10.8 Å². The summed E-state index contributed by atoms with van der Waals surface area (Å²) in [5.41, 5.74) is 3.31. The van der Waals surface area contributed by atoms with E-state index in [9.17, 15) is 4.79 Å². The van der Waals surface area contributed by atoms with Gasteiger partial charge in [-0.15, -0.1) is 0 Å². The number of fused-ring (bicyclic) bond motifs is 1. The zero-order valence-corrected chi connectivity index (χ0v) is 19.6. The molecule has 1 fully saturated rings. The Balaban J connectivity index is 1.60. The zero-order chi connectivity index (χ0) is 22.3. The molecule has 0 saturated carbocycles. The Hall–Kier alpha value is -2.56. The molecule has 0 bridgehead atoms. The molecule has 1 saturated heterocycles. The molecular formula is C26H30ClN3O. The maximum atomic E-state index is 13.5. The maximum absolute atomic E-state index is 13.5. The van der Waals surface area contributed by atoms with Gasteiger partial charge in [0.1, 0.15) is 0 Å². The number of hydrogen-bond acceptors (Lipinski definition) is 3. The molecule has 1 N–H and O–H groups in total. The van der Waals surface area contributed by atoms with E-state index in [4.69, 9.17) is 11.6 Å². The number of halogens is 1. The second-order valence-electron chi connectivity index (χ2n) is 9.24. The predicted octanol–water partition coefficient (Wildman–Crippen LogP) is 5.47. The van der Waals surface area contributed by atoms with Gasteiger partial charge in [-0.2, -0.15) is 0 Å². The number of rotatable bonds is 5. The molecule has 3 aromatic rings. The average molecular weight is 436 g/mol. The molecular weight excluding hydrogens is 406 g/mol. The van der Waals surface area contributed by atoms with Gasteiger partial charge in [-0.05, 0) is 69.6 Å². The summed E-state index contributed by atoms with van der Waals surface area (Å²) in [5, 5.41) is 5.87. The van der Waals surface area contributed by atoms with Crippen LogP contribution < -0.4 is 10.2 Å². The number of nitrogens with zero attached hydrogens (tertiary/aromatic N) is 2. The van der Waals surface area contributed by atoms with Gasteiger partial charge in [-0.3, -0.25) is 4.79 Å². The molecule has 0 radical (unpaired) electrons. The molecule has 3 aromatic carbocycles. The minimum atomic E-state index is -0.723. The Bertz CT molecular complexity index is 1130. The van der Waals surface area contributed by atoms with Gasteiger partial charge in [0.05, 0.1) is 5.41 Å². The second-order valence-corrected chi connectivity index (χ2v) is 9.65. The van der Waals surface area contributed by atoms with Gasteiger partial charge >= 0.3 is 0 Å². The third kappa shape index (κ3) is 4.02. The van der Waals surface area contributed by atoms with E-state index in [-0.39, 0.29) is 5.91 Å². The Labute approximate surface area is 189 Å². The van der Waals surface area contributed by atoms with Gasteiger partial charge in [0.2, 0.25) is 5.91 Å². The van der Waals surface area contributed by atoms with Crippen LogP contribution in [0.5, 0.6) is 0 Å². The number of amides is 1. The number of carbonyl (C=O) groups is 1. The van der Waals surface area contributed by atoms with E-state index in [1.54, 1.807) is 0 Å². The summed E-state index contributed by atoms with van der Waals surface area (Å²) < 4.78 is 0. The van der Waals surface area contributed by atoms with E-state index in [0.29, 0.717) is 11.1 Å². The van der Waals surface area contributed by atoms with E-state index in [1.165, 1.54) is 0 Å². The highest BCUT2D eigenvalue weighted by Crippen LogP contribution is 2.35. The highest BCUT2D eigenvalue weighted by atomic mass is 35.5. The third-order valence-corrected chi connectivity index (χ3v) is 6.87. The number of benzene rings is 3. The van der Waals surface area contributed by atoms with Crippen LogP contribution in [-0.4, -0.2) is 44.0 Å². The molecule has 0 spiro atoms. The summed E-state index contributed by atoms with van der Waals surface area (Å²) in [6.07, 6.45) is 0. The van der Waals surface area contributed by atoms with Crippen molar-refractivity contribution in [2.24, 2.45) is 0 Å². The standard InChI is InChI=1S/C26H30ClN3O/c1-17-10-11-18(30-15-19(16-30)29(4)5)14-24(17)28-25(31)26(2,3)22-12-13-23(27)21-9-7-6-8-20(21)22/h6-14,19H,15-16H2,1-5H3,(H,28,31). The number of aryl methyl sites for hydroxylation is 1. The van der Waals surface area contributed by atoms with Crippen molar-refractivity contribution in [3.63, 3.8) is 0 Å². The van der Waals surface area contributed by atoms with E-state index >= 15 is 0 Å². The Morgan fingerprint density at radius 1 is 1.06 bits per heavy atom. The van der Waals surface area contributed by atoms with Crippen molar-refractivity contribution in [2.75, 3.05) is 37.4 Å². The normalized spacial score (nSPS) is 14.7. The molecule has 1 aliphatic heterocycles. The first-order valence-corrected chi connectivity index (χ1v) is 11.1. The Morgan fingerprint density at radius 2 is 1.74 bits per heavy atom. The average Bonchev–Trinajstić information content (AvgIpc) is 2.69. The van der Waals surface area contributed by atoms with Gasteiger partial charge in [-0.25, -0.2) is 0 Å². The molecule has 31 heavy (non-hydrogen) atoms. The fourth-order valence-corrected chi connectivity index (χ4v) is 4.37. The quantitative estimate of drug-likeness (QED) is 0.577. The van der Waals surface area contributed by atoms with Crippen molar-refractivity contribution in [2.45, 2.75) is 32.2 Å². The predicted molar refractivity (Wildman–Crippen MR) is 131 cm³/mol. The van der Waals surface area contributed by atoms with E-state index in [2.05, 4.69) is 47.4 Å². The van der Waals surface area contributed by atoms with Crippen molar-refractivity contribution in [3.05, 3.63) is 70.7 Å². The Kier molecular flexibility index (Phi) is 5.71. The van der Waals surface area contributed by atoms with Crippen LogP contribution in [0.1, 0.15) is 25.0 Å². The van der Waals surface area contributed by atoms with Crippen molar-refractivity contribution in [3.8, 4) is 0 Å². The first-order chi connectivity index (χ1) is 14.7. The van der Waals surface area contributed by atoms with Crippen LogP contribution in [-0.2, 0) is 10.2 Å². The topological polar surface area (TPSA) is 35.6 Å².